The first-order chi connectivity index (χ1) is 9.59. The van der Waals surface area contributed by atoms with Crippen LogP contribution in [0.1, 0.15) is 42.5 Å². The molecule has 0 saturated heterocycles. The zero-order chi connectivity index (χ0) is 14.2. The van der Waals surface area contributed by atoms with E-state index in [0.29, 0.717) is 0 Å². The molecule has 0 spiro atoms. The fourth-order valence-corrected chi connectivity index (χ4v) is 3.16. The Bertz CT molecular complexity index is 605. The highest BCUT2D eigenvalue weighted by Crippen LogP contribution is 2.43. The van der Waals surface area contributed by atoms with E-state index in [0.717, 1.165) is 30.5 Å². The third-order valence-corrected chi connectivity index (χ3v) is 4.33. The van der Waals surface area contributed by atoms with Crippen LogP contribution in [0.2, 0.25) is 0 Å². The van der Waals surface area contributed by atoms with Gasteiger partial charge in [-0.2, -0.15) is 0 Å². The van der Waals surface area contributed by atoms with Gasteiger partial charge < -0.3 is 10.2 Å². The summed E-state index contributed by atoms with van der Waals surface area (Å²) in [4.78, 5) is 4.50. The summed E-state index contributed by atoms with van der Waals surface area (Å²) < 4.78 is 0. The molecule has 0 radical (unpaired) electrons. The van der Waals surface area contributed by atoms with Crippen molar-refractivity contribution in [2.45, 2.75) is 37.7 Å². The van der Waals surface area contributed by atoms with Gasteiger partial charge in [0.05, 0.1) is 5.60 Å². The topological polar surface area (TPSA) is 53.4 Å². The minimum Gasteiger partial charge on any atom is -0.508 e. The third kappa shape index (κ3) is 2.18. The Morgan fingerprint density at radius 3 is 2.70 bits per heavy atom. The van der Waals surface area contributed by atoms with Crippen LogP contribution in [0.15, 0.2) is 42.6 Å². The van der Waals surface area contributed by atoms with Crippen molar-refractivity contribution >= 4 is 0 Å². The second kappa shape index (κ2) is 4.91. The molecule has 20 heavy (non-hydrogen) atoms. The molecule has 2 N–H and O–H groups in total. The standard InChI is InChI=1S/C17H19NO2/c1-17(20,13-7-9-14(19)10-8-13)15-6-2-4-12-5-3-11-18-16(12)15/h3,5,7-11,15,19-20H,2,4,6H2,1H3. The van der Waals surface area contributed by atoms with E-state index in [4.69, 9.17) is 0 Å². The molecule has 2 aromatic rings. The number of aryl methyl sites for hydroxylation is 1. The van der Waals surface area contributed by atoms with Gasteiger partial charge in [0.2, 0.25) is 0 Å². The number of hydrogen-bond donors (Lipinski definition) is 2. The summed E-state index contributed by atoms with van der Waals surface area (Å²) in [6.45, 7) is 1.84. The lowest BCUT2D eigenvalue weighted by Crippen LogP contribution is -2.33. The molecule has 0 aliphatic heterocycles. The van der Waals surface area contributed by atoms with Crippen molar-refractivity contribution in [2.75, 3.05) is 0 Å². The Labute approximate surface area is 118 Å². The summed E-state index contributed by atoms with van der Waals surface area (Å²) >= 11 is 0. The molecule has 1 aromatic carbocycles. The van der Waals surface area contributed by atoms with E-state index < -0.39 is 5.60 Å². The Morgan fingerprint density at radius 2 is 1.95 bits per heavy atom. The molecule has 3 heteroatoms. The van der Waals surface area contributed by atoms with Crippen LogP contribution >= 0.6 is 0 Å². The van der Waals surface area contributed by atoms with Crippen LogP contribution in [0.4, 0.5) is 0 Å². The second-order valence-corrected chi connectivity index (χ2v) is 5.69. The number of phenols is 1. The van der Waals surface area contributed by atoms with E-state index in [9.17, 15) is 10.2 Å². The second-order valence-electron chi connectivity index (χ2n) is 5.69. The summed E-state index contributed by atoms with van der Waals surface area (Å²) in [7, 11) is 0. The van der Waals surface area contributed by atoms with Crippen molar-refractivity contribution in [2.24, 2.45) is 0 Å². The predicted octanol–water partition coefficient (Wildman–Crippen LogP) is 3.11. The Hall–Kier alpha value is -1.87. The SMILES string of the molecule is CC(O)(c1ccc(O)cc1)C1CCCc2cccnc21. The van der Waals surface area contributed by atoms with Crippen molar-refractivity contribution in [1.82, 2.24) is 4.98 Å². The Morgan fingerprint density at radius 1 is 1.20 bits per heavy atom. The summed E-state index contributed by atoms with van der Waals surface area (Å²) in [5, 5.41) is 20.4. The lowest BCUT2D eigenvalue weighted by molar-refractivity contribution is 0.0188. The summed E-state index contributed by atoms with van der Waals surface area (Å²) in [5.41, 5.74) is 2.09. The molecular weight excluding hydrogens is 250 g/mol. The average Bonchev–Trinajstić information content (AvgIpc) is 2.47. The molecular formula is C17H19NO2. The van der Waals surface area contributed by atoms with Crippen LogP contribution in [0.3, 0.4) is 0 Å². The van der Waals surface area contributed by atoms with Crippen molar-refractivity contribution < 1.29 is 10.2 Å². The van der Waals surface area contributed by atoms with Gasteiger partial charge in [-0.05, 0) is 55.5 Å². The molecule has 3 nitrogen and oxygen atoms in total. The molecule has 0 bridgehead atoms. The molecule has 1 heterocycles. The van der Waals surface area contributed by atoms with Gasteiger partial charge in [0, 0.05) is 17.8 Å². The number of aliphatic hydroxyl groups is 1. The van der Waals surface area contributed by atoms with Crippen molar-refractivity contribution in [3.05, 3.63) is 59.4 Å². The first kappa shape index (κ1) is 13.1. The number of rotatable bonds is 2. The van der Waals surface area contributed by atoms with E-state index >= 15 is 0 Å². The Kier molecular flexibility index (Phi) is 3.22. The molecule has 104 valence electrons. The minimum absolute atomic E-state index is 0.00278. The highest BCUT2D eigenvalue weighted by atomic mass is 16.3. The maximum Gasteiger partial charge on any atom is 0.115 e. The number of benzene rings is 1. The van der Waals surface area contributed by atoms with E-state index in [1.54, 1.807) is 30.5 Å². The predicted molar refractivity (Wildman–Crippen MR) is 77.6 cm³/mol. The van der Waals surface area contributed by atoms with Gasteiger partial charge >= 0.3 is 0 Å². The zero-order valence-corrected chi connectivity index (χ0v) is 11.6. The molecule has 0 fully saturated rings. The van der Waals surface area contributed by atoms with E-state index in [-0.39, 0.29) is 11.7 Å². The fourth-order valence-electron chi connectivity index (χ4n) is 3.16. The van der Waals surface area contributed by atoms with Gasteiger partial charge in [-0.25, -0.2) is 0 Å². The molecule has 2 unspecified atom stereocenters. The maximum atomic E-state index is 11.0. The maximum absolute atomic E-state index is 11.0. The number of aromatic nitrogens is 1. The van der Waals surface area contributed by atoms with E-state index in [1.807, 2.05) is 13.0 Å². The van der Waals surface area contributed by atoms with E-state index in [1.165, 1.54) is 5.56 Å². The van der Waals surface area contributed by atoms with Crippen LogP contribution in [-0.4, -0.2) is 15.2 Å². The first-order valence-electron chi connectivity index (χ1n) is 7.04. The third-order valence-electron chi connectivity index (χ3n) is 4.33. The normalized spacial score (nSPS) is 21.0. The molecule has 1 aliphatic rings. The van der Waals surface area contributed by atoms with Crippen molar-refractivity contribution in [3.63, 3.8) is 0 Å². The number of nitrogens with zero attached hydrogens (tertiary/aromatic N) is 1. The lowest BCUT2D eigenvalue weighted by atomic mass is 9.73. The lowest BCUT2D eigenvalue weighted by Gasteiger charge is -2.36. The highest BCUT2D eigenvalue weighted by molar-refractivity contribution is 5.35. The number of pyridine rings is 1. The van der Waals surface area contributed by atoms with Gasteiger partial charge in [-0.3, -0.25) is 4.98 Å². The fraction of sp³-hybridized carbons (Fsp3) is 0.353. The number of aromatic hydroxyl groups is 1. The summed E-state index contributed by atoms with van der Waals surface area (Å²) in [6.07, 6.45) is 4.82. The van der Waals surface area contributed by atoms with Gasteiger partial charge in [-0.15, -0.1) is 0 Å². The van der Waals surface area contributed by atoms with Gasteiger partial charge in [-0.1, -0.05) is 18.2 Å². The highest BCUT2D eigenvalue weighted by Gasteiger charge is 2.38. The van der Waals surface area contributed by atoms with Crippen LogP contribution in [0, 0.1) is 0 Å². The van der Waals surface area contributed by atoms with Gasteiger partial charge in [0.25, 0.3) is 0 Å². The van der Waals surface area contributed by atoms with Crippen LogP contribution in [-0.2, 0) is 12.0 Å². The minimum atomic E-state index is -0.975. The molecule has 3 rings (SSSR count). The number of fused-ring (bicyclic) bond motifs is 1. The summed E-state index contributed by atoms with van der Waals surface area (Å²) in [6, 6.07) is 10.9. The van der Waals surface area contributed by atoms with Crippen LogP contribution in [0.5, 0.6) is 5.75 Å². The van der Waals surface area contributed by atoms with Crippen LogP contribution in [0.25, 0.3) is 0 Å². The average molecular weight is 269 g/mol. The molecule has 0 amide bonds. The number of hydrogen-bond acceptors (Lipinski definition) is 3. The smallest absolute Gasteiger partial charge is 0.115 e. The van der Waals surface area contributed by atoms with Gasteiger partial charge in [0.1, 0.15) is 5.75 Å². The van der Waals surface area contributed by atoms with Crippen molar-refractivity contribution in [3.8, 4) is 5.75 Å². The Balaban J connectivity index is 2.02. The summed E-state index contributed by atoms with van der Waals surface area (Å²) in [5.74, 6) is 0.212. The monoisotopic (exact) mass is 269 g/mol. The first-order valence-corrected chi connectivity index (χ1v) is 7.04. The van der Waals surface area contributed by atoms with Gasteiger partial charge in [0.15, 0.2) is 0 Å². The largest absolute Gasteiger partial charge is 0.508 e. The van der Waals surface area contributed by atoms with Crippen molar-refractivity contribution in [1.29, 1.82) is 0 Å². The molecule has 2 atom stereocenters. The number of phenolic OH excluding ortho intramolecular Hbond substituents is 1. The molecule has 1 aliphatic carbocycles. The van der Waals surface area contributed by atoms with Crippen LogP contribution < -0.4 is 0 Å². The zero-order valence-electron chi connectivity index (χ0n) is 11.6. The molecule has 0 saturated carbocycles. The van der Waals surface area contributed by atoms with E-state index in [2.05, 4.69) is 11.1 Å². The quantitative estimate of drug-likeness (QED) is 0.880. The molecule has 1 aromatic heterocycles.